The third-order valence-electron chi connectivity index (χ3n) is 5.73. The van der Waals surface area contributed by atoms with Crippen molar-refractivity contribution in [3.63, 3.8) is 0 Å². The number of carbonyl (C=O) groups is 1. The van der Waals surface area contributed by atoms with E-state index in [9.17, 15) is 4.79 Å². The molecule has 3 nitrogen and oxygen atoms in total. The molecule has 2 heterocycles. The summed E-state index contributed by atoms with van der Waals surface area (Å²) in [6.07, 6.45) is 5.12. The molecule has 0 aromatic heterocycles. The normalized spacial score (nSPS) is 29.0. The van der Waals surface area contributed by atoms with Crippen LogP contribution in [-0.4, -0.2) is 40.5 Å². The molecule has 0 aromatic carbocycles. The van der Waals surface area contributed by atoms with Gasteiger partial charge in [0.1, 0.15) is 0 Å². The third-order valence-corrected chi connectivity index (χ3v) is 5.73. The molecule has 2 fully saturated rings. The summed E-state index contributed by atoms with van der Waals surface area (Å²) in [7, 11) is 0. The fourth-order valence-electron chi connectivity index (χ4n) is 4.64. The quantitative estimate of drug-likeness (QED) is 0.772. The summed E-state index contributed by atoms with van der Waals surface area (Å²) < 4.78 is 6.18. The molecule has 0 radical (unpaired) electrons. The molecule has 0 aliphatic carbocycles. The molecule has 2 rings (SSSR count). The molecular formula is C18H33NO2. The van der Waals surface area contributed by atoms with Crippen LogP contribution in [-0.2, 0) is 9.53 Å². The van der Waals surface area contributed by atoms with E-state index < -0.39 is 0 Å². The zero-order chi connectivity index (χ0) is 15.9. The lowest BCUT2D eigenvalue weighted by molar-refractivity contribution is -0.142. The summed E-state index contributed by atoms with van der Waals surface area (Å²) in [5.41, 5.74) is -0.819. The summed E-state index contributed by atoms with van der Waals surface area (Å²) in [4.78, 5) is 16.0. The number of Topliss-reactive ketones (excluding diaryl/α,β-unsaturated/α-hetero) is 1. The molecule has 122 valence electrons. The molecule has 1 unspecified atom stereocenters. The molecule has 2 saturated heterocycles. The summed E-state index contributed by atoms with van der Waals surface area (Å²) in [5, 5.41) is 0. The van der Waals surface area contributed by atoms with Crippen molar-refractivity contribution < 1.29 is 9.53 Å². The molecule has 0 aromatic rings. The van der Waals surface area contributed by atoms with Gasteiger partial charge in [0.25, 0.3) is 0 Å². The first-order chi connectivity index (χ1) is 9.68. The van der Waals surface area contributed by atoms with E-state index in [-0.39, 0.29) is 22.7 Å². The highest BCUT2D eigenvalue weighted by Gasteiger charge is 2.55. The average molecular weight is 295 g/mol. The fraction of sp³-hybridized carbons (Fsp3) is 0.944. The summed E-state index contributed by atoms with van der Waals surface area (Å²) in [5.74, 6) is 0.429. The Morgan fingerprint density at radius 2 is 1.67 bits per heavy atom. The number of nitrogens with zero attached hydrogens (tertiary/aromatic N) is 1. The van der Waals surface area contributed by atoms with E-state index in [2.05, 4.69) is 46.4 Å². The summed E-state index contributed by atoms with van der Waals surface area (Å²) in [6, 6.07) is 0. The van der Waals surface area contributed by atoms with Crippen LogP contribution in [0.2, 0.25) is 0 Å². The Morgan fingerprint density at radius 3 is 2.05 bits per heavy atom. The van der Waals surface area contributed by atoms with Crippen molar-refractivity contribution in [3.8, 4) is 0 Å². The van der Waals surface area contributed by atoms with Crippen LogP contribution in [0.1, 0.15) is 73.6 Å². The van der Waals surface area contributed by atoms with E-state index in [0.717, 1.165) is 32.4 Å². The number of ether oxygens (including phenoxy) is 1. The predicted octanol–water partition coefficient (Wildman–Crippen LogP) is 3.80. The van der Waals surface area contributed by atoms with Crippen LogP contribution in [0.15, 0.2) is 0 Å². The highest BCUT2D eigenvalue weighted by molar-refractivity contribution is 5.91. The molecule has 0 amide bonds. The van der Waals surface area contributed by atoms with Crippen LogP contribution in [0, 0.1) is 5.92 Å². The van der Waals surface area contributed by atoms with Gasteiger partial charge < -0.3 is 4.74 Å². The van der Waals surface area contributed by atoms with Crippen LogP contribution < -0.4 is 0 Å². The molecule has 0 spiro atoms. The fourth-order valence-corrected chi connectivity index (χ4v) is 4.64. The summed E-state index contributed by atoms with van der Waals surface area (Å²) in [6.45, 7) is 14.9. The molecule has 0 N–H and O–H groups in total. The Labute approximate surface area is 130 Å². The first-order valence-electron chi connectivity index (χ1n) is 8.68. The summed E-state index contributed by atoms with van der Waals surface area (Å²) >= 11 is 0. The Balaban J connectivity index is 2.30. The van der Waals surface area contributed by atoms with Crippen molar-refractivity contribution in [2.45, 2.75) is 90.4 Å². The van der Waals surface area contributed by atoms with Crippen LogP contribution in [0.4, 0.5) is 0 Å². The molecule has 2 aliphatic heterocycles. The molecule has 1 atom stereocenters. The van der Waals surface area contributed by atoms with Gasteiger partial charge >= 0.3 is 0 Å². The third kappa shape index (κ3) is 2.92. The van der Waals surface area contributed by atoms with Crippen molar-refractivity contribution in [2.75, 3.05) is 13.1 Å². The minimum atomic E-state index is -0.351. The van der Waals surface area contributed by atoms with Gasteiger partial charge in [-0.2, -0.15) is 0 Å². The van der Waals surface area contributed by atoms with Gasteiger partial charge in [-0.15, -0.1) is 0 Å². The van der Waals surface area contributed by atoms with Crippen LogP contribution in [0.5, 0.6) is 0 Å². The number of hydrogen-bond acceptors (Lipinski definition) is 3. The van der Waals surface area contributed by atoms with E-state index in [0.29, 0.717) is 5.78 Å². The molecule has 21 heavy (non-hydrogen) atoms. The van der Waals surface area contributed by atoms with Crippen molar-refractivity contribution in [2.24, 2.45) is 5.92 Å². The van der Waals surface area contributed by atoms with Crippen molar-refractivity contribution in [1.82, 2.24) is 4.90 Å². The second kappa shape index (κ2) is 5.66. The van der Waals surface area contributed by atoms with E-state index >= 15 is 0 Å². The monoisotopic (exact) mass is 295 g/mol. The maximum Gasteiger partial charge on any atom is 0.159 e. The number of hydrogen-bond donors (Lipinski definition) is 0. The van der Waals surface area contributed by atoms with Gasteiger partial charge in [0.2, 0.25) is 0 Å². The molecular weight excluding hydrogens is 262 g/mol. The van der Waals surface area contributed by atoms with Gasteiger partial charge in [0.05, 0.1) is 22.7 Å². The first kappa shape index (κ1) is 17.0. The number of rotatable bonds is 5. The van der Waals surface area contributed by atoms with E-state index in [1.54, 1.807) is 0 Å². The van der Waals surface area contributed by atoms with Gasteiger partial charge in [-0.05, 0) is 72.9 Å². The highest BCUT2D eigenvalue weighted by atomic mass is 16.5. The van der Waals surface area contributed by atoms with Crippen LogP contribution in [0.25, 0.3) is 0 Å². The van der Waals surface area contributed by atoms with Crippen molar-refractivity contribution in [3.05, 3.63) is 0 Å². The molecule has 0 bridgehead atoms. The highest BCUT2D eigenvalue weighted by Crippen LogP contribution is 2.46. The van der Waals surface area contributed by atoms with E-state index in [4.69, 9.17) is 4.74 Å². The van der Waals surface area contributed by atoms with Gasteiger partial charge in [-0.25, -0.2) is 0 Å². The Kier molecular flexibility index (Phi) is 4.57. The van der Waals surface area contributed by atoms with Gasteiger partial charge in [-0.1, -0.05) is 13.8 Å². The van der Waals surface area contributed by atoms with E-state index in [1.165, 1.54) is 12.8 Å². The largest absolute Gasteiger partial charge is 0.369 e. The van der Waals surface area contributed by atoms with Gasteiger partial charge in [0.15, 0.2) is 5.78 Å². The van der Waals surface area contributed by atoms with Crippen molar-refractivity contribution in [1.29, 1.82) is 0 Å². The molecule has 3 heteroatoms. The minimum Gasteiger partial charge on any atom is -0.369 e. The van der Waals surface area contributed by atoms with Crippen LogP contribution >= 0.6 is 0 Å². The van der Waals surface area contributed by atoms with Crippen LogP contribution in [0.3, 0.4) is 0 Å². The number of carbonyl (C=O) groups excluding carboxylic acids is 1. The predicted molar refractivity (Wildman–Crippen MR) is 86.5 cm³/mol. The zero-order valence-electron chi connectivity index (χ0n) is 14.8. The standard InChI is InChI=1S/C18H33NO2/c1-7-18(8-2,19-11-9-10-12-19)15(20)14-13-16(3,4)21-17(14,5)6/h14H,7-13H2,1-6H3. The number of ketones is 1. The molecule has 0 saturated carbocycles. The lowest BCUT2D eigenvalue weighted by Gasteiger charge is -2.42. The molecule has 2 aliphatic rings. The topological polar surface area (TPSA) is 29.5 Å². The zero-order valence-corrected chi connectivity index (χ0v) is 14.8. The van der Waals surface area contributed by atoms with Gasteiger partial charge in [-0.3, -0.25) is 9.69 Å². The lowest BCUT2D eigenvalue weighted by Crippen LogP contribution is -2.57. The second-order valence-corrected chi connectivity index (χ2v) is 8.02. The van der Waals surface area contributed by atoms with Gasteiger partial charge in [0, 0.05) is 0 Å². The SMILES string of the molecule is CCC(CC)(C(=O)C1CC(C)(C)OC1(C)C)N1CCCC1. The van der Waals surface area contributed by atoms with E-state index in [1.807, 2.05) is 0 Å². The maximum atomic E-state index is 13.5. The lowest BCUT2D eigenvalue weighted by atomic mass is 9.73. The Hall–Kier alpha value is -0.410. The first-order valence-corrected chi connectivity index (χ1v) is 8.68. The Morgan fingerprint density at radius 1 is 1.14 bits per heavy atom. The Bertz CT molecular complexity index is 390. The average Bonchev–Trinajstić information content (AvgIpc) is 2.97. The van der Waals surface area contributed by atoms with Crippen molar-refractivity contribution >= 4 is 5.78 Å². The smallest absolute Gasteiger partial charge is 0.159 e. The maximum absolute atomic E-state index is 13.5. The minimum absolute atomic E-state index is 0.00741. The number of likely N-dealkylation sites (tertiary alicyclic amines) is 1. The second-order valence-electron chi connectivity index (χ2n) is 8.02.